The molecule has 0 radical (unpaired) electrons. The highest BCUT2D eigenvalue weighted by Crippen LogP contribution is 2.19. The van der Waals surface area contributed by atoms with Gasteiger partial charge < -0.3 is 25.4 Å². The van der Waals surface area contributed by atoms with Gasteiger partial charge in [0.05, 0.1) is 26.9 Å². The Labute approximate surface area is 174 Å². The number of hydrogen-bond acceptors (Lipinski definition) is 5. The molecule has 146 valence electrons. The van der Waals surface area contributed by atoms with Crippen molar-refractivity contribution in [2.75, 3.05) is 43.6 Å². The van der Waals surface area contributed by atoms with Gasteiger partial charge in [0.1, 0.15) is 5.75 Å². The zero-order valence-electron chi connectivity index (χ0n) is 15.0. The van der Waals surface area contributed by atoms with Crippen LogP contribution in [0.5, 0.6) is 5.75 Å². The molecular weight excluding hydrogens is 464 g/mol. The maximum Gasteiger partial charge on any atom is 0.193 e. The normalized spacial score (nSPS) is 14.4. The number of hydrogen-bond donors (Lipinski definition) is 2. The van der Waals surface area contributed by atoms with Crippen LogP contribution in [0.4, 0.5) is 15.9 Å². The summed E-state index contributed by atoms with van der Waals surface area (Å²) in [6, 6.07) is 8.78. The summed E-state index contributed by atoms with van der Waals surface area (Å²) >= 11 is 0. The molecule has 27 heavy (non-hydrogen) atoms. The lowest BCUT2D eigenvalue weighted by atomic mass is 10.2. The average Bonchev–Trinajstić information content (AvgIpc) is 2.67. The van der Waals surface area contributed by atoms with E-state index >= 15 is 0 Å². The fraction of sp³-hybridized carbons (Fsp3) is 0.333. The smallest absolute Gasteiger partial charge is 0.193 e. The highest BCUT2D eigenvalue weighted by Gasteiger charge is 2.16. The summed E-state index contributed by atoms with van der Waals surface area (Å²) in [5.41, 5.74) is 7.30. The molecule has 1 aromatic heterocycles. The molecule has 3 N–H and O–H groups in total. The molecule has 0 atom stereocenters. The molecule has 0 amide bonds. The number of nitrogens with one attached hydrogen (secondary N) is 1. The lowest BCUT2D eigenvalue weighted by Gasteiger charge is -2.28. The number of rotatable bonds is 5. The summed E-state index contributed by atoms with van der Waals surface area (Å²) in [4.78, 5) is 10.3. The minimum Gasteiger partial charge on any atom is -0.497 e. The van der Waals surface area contributed by atoms with Crippen LogP contribution in [0, 0.1) is 5.82 Å². The first-order valence-electron chi connectivity index (χ1n) is 8.34. The predicted molar refractivity (Wildman–Crippen MR) is 115 cm³/mol. The van der Waals surface area contributed by atoms with E-state index < -0.39 is 0 Å². The second-order valence-corrected chi connectivity index (χ2v) is 5.81. The minimum absolute atomic E-state index is 0. The van der Waals surface area contributed by atoms with E-state index in [-0.39, 0.29) is 42.3 Å². The first-order chi connectivity index (χ1) is 12.7. The van der Waals surface area contributed by atoms with Crippen LogP contribution in [0.3, 0.4) is 0 Å². The number of nitrogens with zero attached hydrogens (tertiary/aromatic N) is 3. The second kappa shape index (κ2) is 10.3. The number of ether oxygens (including phenoxy) is 2. The summed E-state index contributed by atoms with van der Waals surface area (Å²) in [7, 11) is 1.60. The van der Waals surface area contributed by atoms with Gasteiger partial charge in [-0.05, 0) is 23.8 Å². The Hall–Kier alpha value is -2.14. The van der Waals surface area contributed by atoms with Gasteiger partial charge in [0.15, 0.2) is 17.6 Å². The van der Waals surface area contributed by atoms with Crippen LogP contribution in [0.2, 0.25) is 0 Å². The highest BCUT2D eigenvalue weighted by molar-refractivity contribution is 14.0. The molecular formula is C18H23FIN5O2. The van der Waals surface area contributed by atoms with Crippen LogP contribution in [-0.2, 0) is 11.3 Å². The first kappa shape index (κ1) is 21.2. The van der Waals surface area contributed by atoms with E-state index in [0.29, 0.717) is 43.4 Å². The summed E-state index contributed by atoms with van der Waals surface area (Å²) in [5, 5.41) is 2.98. The Bertz CT molecular complexity index is 784. The molecule has 1 fully saturated rings. The largest absolute Gasteiger partial charge is 0.497 e. The maximum atomic E-state index is 14.3. The summed E-state index contributed by atoms with van der Waals surface area (Å²) in [5.74, 6) is 0.936. The van der Waals surface area contributed by atoms with Crippen molar-refractivity contribution < 1.29 is 13.9 Å². The summed E-state index contributed by atoms with van der Waals surface area (Å²) < 4.78 is 24.8. The van der Waals surface area contributed by atoms with Crippen molar-refractivity contribution in [1.29, 1.82) is 0 Å². The zero-order valence-corrected chi connectivity index (χ0v) is 17.4. The first-order valence-corrected chi connectivity index (χ1v) is 8.34. The lowest BCUT2D eigenvalue weighted by molar-refractivity contribution is 0.122. The monoisotopic (exact) mass is 487 g/mol. The number of nitrogens with two attached hydrogens (primary N) is 1. The number of morpholine rings is 1. The van der Waals surface area contributed by atoms with Crippen LogP contribution in [0.1, 0.15) is 5.56 Å². The van der Waals surface area contributed by atoms with Gasteiger partial charge in [-0.1, -0.05) is 6.07 Å². The molecule has 0 unspecified atom stereocenters. The lowest BCUT2D eigenvalue weighted by Crippen LogP contribution is -2.37. The van der Waals surface area contributed by atoms with Crippen LogP contribution in [0.15, 0.2) is 41.5 Å². The number of aromatic nitrogens is 1. The average molecular weight is 487 g/mol. The Morgan fingerprint density at radius 3 is 2.85 bits per heavy atom. The van der Waals surface area contributed by atoms with Gasteiger partial charge >= 0.3 is 0 Å². The number of anilines is 2. The van der Waals surface area contributed by atoms with E-state index in [1.165, 1.54) is 6.07 Å². The Balaban J connectivity index is 0.00000261. The topological polar surface area (TPSA) is 85.0 Å². The number of aliphatic imine (C=N–C) groups is 1. The standard InChI is InChI=1S/C18H22FN5O2.HI/c1-25-15-4-2-3-14(10-15)23-18(20)22-12-13-9-16(19)17(21-11-13)24-5-7-26-8-6-24;/h2-4,9-11H,5-8,12H2,1H3,(H3,20,22,23);1H. The van der Waals surface area contributed by atoms with Crippen LogP contribution >= 0.6 is 24.0 Å². The molecule has 2 aromatic rings. The fourth-order valence-electron chi connectivity index (χ4n) is 2.63. The van der Waals surface area contributed by atoms with Gasteiger partial charge in [0, 0.05) is 31.0 Å². The van der Waals surface area contributed by atoms with E-state index in [9.17, 15) is 4.39 Å². The highest BCUT2D eigenvalue weighted by atomic mass is 127. The molecule has 0 aliphatic carbocycles. The molecule has 7 nitrogen and oxygen atoms in total. The van der Waals surface area contributed by atoms with Gasteiger partial charge in [-0.25, -0.2) is 14.4 Å². The molecule has 0 spiro atoms. The fourth-order valence-corrected chi connectivity index (χ4v) is 2.63. The molecule has 1 saturated heterocycles. The number of guanidine groups is 1. The van der Waals surface area contributed by atoms with Crippen molar-refractivity contribution in [3.63, 3.8) is 0 Å². The molecule has 0 bridgehead atoms. The third-order valence-electron chi connectivity index (χ3n) is 3.96. The molecule has 1 aliphatic rings. The van der Waals surface area contributed by atoms with E-state index in [2.05, 4.69) is 15.3 Å². The second-order valence-electron chi connectivity index (χ2n) is 5.81. The molecule has 1 aliphatic heterocycles. The number of halogens is 2. The van der Waals surface area contributed by atoms with Crippen molar-refractivity contribution in [3.05, 3.63) is 47.9 Å². The third kappa shape index (κ3) is 5.93. The number of methoxy groups -OCH3 is 1. The van der Waals surface area contributed by atoms with Gasteiger partial charge in [-0.2, -0.15) is 0 Å². The van der Waals surface area contributed by atoms with Gasteiger partial charge in [-0.15, -0.1) is 24.0 Å². The number of pyridine rings is 1. The van der Waals surface area contributed by atoms with E-state index in [1.54, 1.807) is 19.4 Å². The van der Waals surface area contributed by atoms with Gasteiger partial charge in [0.2, 0.25) is 0 Å². The van der Waals surface area contributed by atoms with Crippen molar-refractivity contribution in [1.82, 2.24) is 4.98 Å². The molecule has 9 heteroatoms. The predicted octanol–water partition coefficient (Wildman–Crippen LogP) is 2.61. The molecule has 2 heterocycles. The quantitative estimate of drug-likeness (QED) is 0.383. The Kier molecular flexibility index (Phi) is 8.04. The minimum atomic E-state index is -0.362. The van der Waals surface area contributed by atoms with Crippen molar-refractivity contribution in [2.45, 2.75) is 6.54 Å². The molecule has 1 aromatic carbocycles. The van der Waals surface area contributed by atoms with Crippen molar-refractivity contribution >= 4 is 41.4 Å². The van der Waals surface area contributed by atoms with E-state index in [0.717, 1.165) is 5.69 Å². The van der Waals surface area contributed by atoms with Gasteiger partial charge in [-0.3, -0.25) is 0 Å². The Morgan fingerprint density at radius 1 is 1.37 bits per heavy atom. The van der Waals surface area contributed by atoms with E-state index in [1.807, 2.05) is 23.1 Å². The SMILES string of the molecule is COc1cccc(NC(N)=NCc2cnc(N3CCOCC3)c(F)c2)c1.I. The maximum absolute atomic E-state index is 14.3. The zero-order chi connectivity index (χ0) is 18.4. The summed E-state index contributed by atoms with van der Waals surface area (Å²) in [6.45, 7) is 2.67. The summed E-state index contributed by atoms with van der Waals surface area (Å²) in [6.07, 6.45) is 1.62. The van der Waals surface area contributed by atoms with Gasteiger partial charge in [0.25, 0.3) is 0 Å². The van der Waals surface area contributed by atoms with Crippen LogP contribution in [0.25, 0.3) is 0 Å². The van der Waals surface area contributed by atoms with Crippen molar-refractivity contribution in [3.8, 4) is 5.75 Å². The van der Waals surface area contributed by atoms with Crippen molar-refractivity contribution in [2.24, 2.45) is 10.7 Å². The third-order valence-corrected chi connectivity index (χ3v) is 3.96. The van der Waals surface area contributed by atoms with E-state index in [4.69, 9.17) is 15.2 Å². The van der Waals surface area contributed by atoms with Crippen LogP contribution < -0.4 is 20.7 Å². The number of benzene rings is 1. The molecule has 0 saturated carbocycles. The Morgan fingerprint density at radius 2 is 2.15 bits per heavy atom. The van der Waals surface area contributed by atoms with Crippen LogP contribution in [-0.4, -0.2) is 44.4 Å². The molecule has 3 rings (SSSR count).